The summed E-state index contributed by atoms with van der Waals surface area (Å²) in [5.74, 6) is 1.87. The molecule has 106 valence electrons. The number of rotatable bonds is 10. The zero-order chi connectivity index (χ0) is 13.9. The summed E-state index contributed by atoms with van der Waals surface area (Å²) in [7, 11) is 3.42. The number of allylic oxidation sites excluding steroid dienone is 1. The first-order valence-electron chi connectivity index (χ1n) is 7.13. The van der Waals surface area contributed by atoms with Crippen molar-refractivity contribution in [3.63, 3.8) is 0 Å². The minimum Gasteiger partial charge on any atom is -0.497 e. The molecule has 0 amide bonds. The predicted molar refractivity (Wildman–Crippen MR) is 81.1 cm³/mol. The van der Waals surface area contributed by atoms with Crippen LogP contribution in [-0.4, -0.2) is 14.2 Å². The summed E-state index contributed by atoms with van der Waals surface area (Å²) in [6.45, 7) is 3.74. The molecule has 0 bridgehead atoms. The molecule has 0 saturated carbocycles. The van der Waals surface area contributed by atoms with E-state index in [-0.39, 0.29) is 0 Å². The Kier molecular flexibility index (Phi) is 7.80. The highest BCUT2D eigenvalue weighted by Crippen LogP contribution is 2.25. The van der Waals surface area contributed by atoms with E-state index in [0.29, 0.717) is 0 Å². The van der Waals surface area contributed by atoms with Crippen molar-refractivity contribution in [3.05, 3.63) is 36.4 Å². The second-order valence-corrected chi connectivity index (χ2v) is 4.77. The fourth-order valence-electron chi connectivity index (χ4n) is 2.21. The number of hydrogen-bond donors (Lipinski definition) is 0. The zero-order valence-electron chi connectivity index (χ0n) is 12.3. The van der Waals surface area contributed by atoms with Crippen LogP contribution in [0.15, 0.2) is 30.9 Å². The molecule has 2 heteroatoms. The molecule has 0 aliphatic heterocycles. The Morgan fingerprint density at radius 2 is 1.74 bits per heavy atom. The molecule has 2 nitrogen and oxygen atoms in total. The Bertz CT molecular complexity index is 372. The van der Waals surface area contributed by atoms with Gasteiger partial charge < -0.3 is 9.47 Å². The van der Waals surface area contributed by atoms with Crippen molar-refractivity contribution in [2.75, 3.05) is 14.2 Å². The third-order valence-electron chi connectivity index (χ3n) is 3.34. The Balaban J connectivity index is 2.33. The van der Waals surface area contributed by atoms with E-state index in [4.69, 9.17) is 9.47 Å². The molecule has 0 N–H and O–H groups in total. The second-order valence-electron chi connectivity index (χ2n) is 4.77. The van der Waals surface area contributed by atoms with Crippen LogP contribution in [0.3, 0.4) is 0 Å². The van der Waals surface area contributed by atoms with Crippen LogP contribution in [0.1, 0.15) is 44.1 Å². The second kappa shape index (κ2) is 9.48. The SMILES string of the molecule is C=CCCCCCCCc1cc(OC)ccc1OC. The fourth-order valence-corrected chi connectivity index (χ4v) is 2.21. The zero-order valence-corrected chi connectivity index (χ0v) is 12.3. The van der Waals surface area contributed by atoms with Crippen molar-refractivity contribution in [3.8, 4) is 11.5 Å². The molecule has 0 heterocycles. The Morgan fingerprint density at radius 1 is 1.00 bits per heavy atom. The maximum atomic E-state index is 5.39. The van der Waals surface area contributed by atoms with Crippen LogP contribution >= 0.6 is 0 Å². The molecule has 0 aromatic heterocycles. The lowest BCUT2D eigenvalue weighted by Crippen LogP contribution is -1.94. The summed E-state index contributed by atoms with van der Waals surface area (Å²) in [4.78, 5) is 0. The van der Waals surface area contributed by atoms with E-state index in [0.717, 1.165) is 24.3 Å². The molecule has 0 atom stereocenters. The molecule has 1 rings (SSSR count). The maximum absolute atomic E-state index is 5.39. The quantitative estimate of drug-likeness (QED) is 0.446. The molecular formula is C17H26O2. The van der Waals surface area contributed by atoms with Gasteiger partial charge >= 0.3 is 0 Å². The Hall–Kier alpha value is -1.44. The lowest BCUT2D eigenvalue weighted by Gasteiger charge is -2.10. The lowest BCUT2D eigenvalue weighted by atomic mass is 10.0. The van der Waals surface area contributed by atoms with Crippen LogP contribution in [0.2, 0.25) is 0 Å². The molecule has 0 fully saturated rings. The average Bonchev–Trinajstić information content (AvgIpc) is 2.46. The van der Waals surface area contributed by atoms with E-state index < -0.39 is 0 Å². The average molecular weight is 262 g/mol. The third-order valence-corrected chi connectivity index (χ3v) is 3.34. The molecule has 0 saturated heterocycles. The number of aryl methyl sites for hydroxylation is 1. The normalized spacial score (nSPS) is 10.2. The first-order chi connectivity index (χ1) is 9.31. The van der Waals surface area contributed by atoms with E-state index in [1.54, 1.807) is 14.2 Å². The summed E-state index contributed by atoms with van der Waals surface area (Å²) in [5.41, 5.74) is 1.24. The van der Waals surface area contributed by atoms with E-state index in [2.05, 4.69) is 12.6 Å². The van der Waals surface area contributed by atoms with E-state index in [1.165, 1.54) is 37.7 Å². The van der Waals surface area contributed by atoms with Crippen molar-refractivity contribution < 1.29 is 9.47 Å². The monoisotopic (exact) mass is 262 g/mol. The van der Waals surface area contributed by atoms with Gasteiger partial charge in [0.1, 0.15) is 11.5 Å². The molecule has 0 radical (unpaired) electrons. The molecule has 0 aliphatic rings. The Morgan fingerprint density at radius 3 is 2.42 bits per heavy atom. The molecule has 19 heavy (non-hydrogen) atoms. The minimum atomic E-state index is 0.904. The first kappa shape index (κ1) is 15.6. The first-order valence-corrected chi connectivity index (χ1v) is 7.13. The van der Waals surface area contributed by atoms with Crippen molar-refractivity contribution in [2.45, 2.75) is 44.9 Å². The van der Waals surface area contributed by atoms with E-state index in [1.807, 2.05) is 18.2 Å². The van der Waals surface area contributed by atoms with Gasteiger partial charge in [-0.25, -0.2) is 0 Å². The molecule has 0 unspecified atom stereocenters. The fraction of sp³-hybridized carbons (Fsp3) is 0.529. The van der Waals surface area contributed by atoms with Crippen molar-refractivity contribution in [1.82, 2.24) is 0 Å². The predicted octanol–water partition coefficient (Wildman–Crippen LogP) is 4.77. The molecule has 0 aliphatic carbocycles. The van der Waals surface area contributed by atoms with Crippen LogP contribution < -0.4 is 9.47 Å². The van der Waals surface area contributed by atoms with Crippen LogP contribution in [0.4, 0.5) is 0 Å². The van der Waals surface area contributed by atoms with Gasteiger partial charge in [-0.15, -0.1) is 6.58 Å². The van der Waals surface area contributed by atoms with Crippen LogP contribution in [0.25, 0.3) is 0 Å². The highest BCUT2D eigenvalue weighted by molar-refractivity contribution is 5.40. The Labute approximate surface area is 117 Å². The standard InChI is InChI=1S/C17H26O2/c1-4-5-6-7-8-9-10-11-15-14-16(18-2)12-13-17(15)19-3/h4,12-14H,1,5-11H2,2-3H3. The smallest absolute Gasteiger partial charge is 0.122 e. The minimum absolute atomic E-state index is 0.904. The number of ether oxygens (including phenoxy) is 2. The summed E-state index contributed by atoms with van der Waals surface area (Å²) in [6.07, 6.45) is 10.6. The summed E-state index contributed by atoms with van der Waals surface area (Å²) >= 11 is 0. The summed E-state index contributed by atoms with van der Waals surface area (Å²) in [5, 5.41) is 0. The lowest BCUT2D eigenvalue weighted by molar-refractivity contribution is 0.398. The topological polar surface area (TPSA) is 18.5 Å². The van der Waals surface area contributed by atoms with Crippen molar-refractivity contribution in [2.24, 2.45) is 0 Å². The molecule has 1 aromatic rings. The van der Waals surface area contributed by atoms with Crippen LogP contribution in [0, 0.1) is 0 Å². The van der Waals surface area contributed by atoms with Crippen LogP contribution in [-0.2, 0) is 6.42 Å². The summed E-state index contributed by atoms with van der Waals surface area (Å²) < 4.78 is 10.6. The van der Waals surface area contributed by atoms with Gasteiger partial charge in [0.2, 0.25) is 0 Å². The van der Waals surface area contributed by atoms with E-state index in [9.17, 15) is 0 Å². The van der Waals surface area contributed by atoms with Gasteiger partial charge in [-0.2, -0.15) is 0 Å². The molecule has 1 aromatic carbocycles. The van der Waals surface area contributed by atoms with Crippen LogP contribution in [0.5, 0.6) is 11.5 Å². The van der Waals surface area contributed by atoms with Gasteiger partial charge in [0.05, 0.1) is 14.2 Å². The number of methoxy groups -OCH3 is 2. The van der Waals surface area contributed by atoms with Gasteiger partial charge in [-0.1, -0.05) is 25.3 Å². The van der Waals surface area contributed by atoms with Gasteiger partial charge in [0, 0.05) is 0 Å². The van der Waals surface area contributed by atoms with E-state index >= 15 is 0 Å². The number of hydrogen-bond acceptors (Lipinski definition) is 2. The van der Waals surface area contributed by atoms with Crippen molar-refractivity contribution in [1.29, 1.82) is 0 Å². The van der Waals surface area contributed by atoms with Gasteiger partial charge in [-0.05, 0) is 49.4 Å². The van der Waals surface area contributed by atoms with Crippen molar-refractivity contribution >= 4 is 0 Å². The maximum Gasteiger partial charge on any atom is 0.122 e. The molecule has 0 spiro atoms. The van der Waals surface area contributed by atoms with Gasteiger partial charge in [-0.3, -0.25) is 0 Å². The largest absolute Gasteiger partial charge is 0.497 e. The van der Waals surface area contributed by atoms with Gasteiger partial charge in [0.25, 0.3) is 0 Å². The number of unbranched alkanes of at least 4 members (excludes halogenated alkanes) is 5. The number of benzene rings is 1. The summed E-state index contributed by atoms with van der Waals surface area (Å²) in [6, 6.07) is 6.01. The third kappa shape index (κ3) is 5.82. The highest BCUT2D eigenvalue weighted by Gasteiger charge is 2.04. The molecular weight excluding hydrogens is 236 g/mol. The van der Waals surface area contributed by atoms with Gasteiger partial charge in [0.15, 0.2) is 0 Å². The highest BCUT2D eigenvalue weighted by atomic mass is 16.5.